The van der Waals surface area contributed by atoms with Crippen molar-refractivity contribution in [3.8, 4) is 0 Å². The third kappa shape index (κ3) is 8.55. The second-order valence-electron chi connectivity index (χ2n) is 8.56. The highest BCUT2D eigenvalue weighted by molar-refractivity contribution is 9.10. The number of nitrogens with zero attached hydrogens (tertiary/aromatic N) is 1. The lowest BCUT2D eigenvalue weighted by atomic mass is 10.0. The van der Waals surface area contributed by atoms with E-state index < -0.39 is 6.04 Å². The van der Waals surface area contributed by atoms with Gasteiger partial charge in [-0.1, -0.05) is 89.6 Å². The van der Waals surface area contributed by atoms with E-state index in [2.05, 4.69) is 33.4 Å². The minimum atomic E-state index is -0.579. The summed E-state index contributed by atoms with van der Waals surface area (Å²) in [6.07, 6.45) is 1.32. The van der Waals surface area contributed by atoms with Gasteiger partial charge in [-0.2, -0.15) is 0 Å². The first-order valence-electron chi connectivity index (χ1n) is 12.0. The van der Waals surface area contributed by atoms with Crippen LogP contribution in [-0.2, 0) is 28.3 Å². The van der Waals surface area contributed by atoms with Gasteiger partial charge in [-0.05, 0) is 47.7 Å². The predicted octanol–water partition coefficient (Wildman–Crippen LogP) is 6.16. The van der Waals surface area contributed by atoms with Crippen molar-refractivity contribution in [1.29, 1.82) is 0 Å². The van der Waals surface area contributed by atoms with Gasteiger partial charge in [0.1, 0.15) is 6.04 Å². The van der Waals surface area contributed by atoms with Crippen molar-refractivity contribution < 1.29 is 9.59 Å². The Hall–Kier alpha value is -2.57. The number of carbonyl (C=O) groups excluding carboxylic acids is 2. The Kier molecular flexibility index (Phi) is 10.9. The molecule has 3 aromatic carbocycles. The molecule has 0 bridgehead atoms. The van der Waals surface area contributed by atoms with E-state index in [-0.39, 0.29) is 11.8 Å². The van der Waals surface area contributed by atoms with E-state index in [9.17, 15) is 9.59 Å². The van der Waals surface area contributed by atoms with Crippen molar-refractivity contribution in [2.75, 3.05) is 12.3 Å². The molecule has 6 heteroatoms. The topological polar surface area (TPSA) is 49.4 Å². The van der Waals surface area contributed by atoms with Gasteiger partial charge in [0.25, 0.3) is 0 Å². The number of nitrogens with one attached hydrogen (secondary N) is 1. The lowest BCUT2D eigenvalue weighted by Crippen LogP contribution is -2.51. The van der Waals surface area contributed by atoms with Gasteiger partial charge in [0.15, 0.2) is 0 Å². The van der Waals surface area contributed by atoms with Crippen molar-refractivity contribution in [3.63, 3.8) is 0 Å². The Bertz CT molecular complexity index is 1090. The molecular formula is C29H33BrN2O2S. The van der Waals surface area contributed by atoms with Crippen molar-refractivity contribution in [2.24, 2.45) is 0 Å². The molecule has 35 heavy (non-hydrogen) atoms. The molecule has 0 saturated heterocycles. The Labute approximate surface area is 221 Å². The van der Waals surface area contributed by atoms with Gasteiger partial charge >= 0.3 is 0 Å². The fourth-order valence-corrected chi connectivity index (χ4v) is 4.95. The van der Waals surface area contributed by atoms with Crippen LogP contribution in [0.5, 0.6) is 0 Å². The van der Waals surface area contributed by atoms with Crippen molar-refractivity contribution >= 4 is 39.5 Å². The van der Waals surface area contributed by atoms with Crippen LogP contribution in [0.25, 0.3) is 0 Å². The third-order valence-electron chi connectivity index (χ3n) is 5.83. The SMILES string of the molecule is CCCNC(=O)C(Cc1ccccc1)N(Cc1ccccc1C)C(=O)CSCc1ccc(Br)cc1. The Morgan fingerprint density at radius 1 is 0.943 bits per heavy atom. The first-order valence-corrected chi connectivity index (χ1v) is 13.9. The Morgan fingerprint density at radius 2 is 1.63 bits per heavy atom. The maximum absolute atomic E-state index is 13.6. The summed E-state index contributed by atoms with van der Waals surface area (Å²) in [5.74, 6) is 0.926. The van der Waals surface area contributed by atoms with E-state index in [1.807, 2.05) is 80.6 Å². The molecule has 0 radical (unpaired) electrons. The molecule has 3 aromatic rings. The standard InChI is InChI=1S/C29H33BrN2O2S/c1-3-17-31-29(34)27(18-23-10-5-4-6-11-23)32(19-25-12-8-7-9-22(25)2)28(33)21-35-20-24-13-15-26(30)16-14-24/h4-16,27H,3,17-21H2,1-2H3,(H,31,34). The van der Waals surface area contributed by atoms with E-state index >= 15 is 0 Å². The van der Waals surface area contributed by atoms with Crippen molar-refractivity contribution in [3.05, 3.63) is 106 Å². The fourth-order valence-electron chi connectivity index (χ4n) is 3.81. The van der Waals surface area contributed by atoms with Gasteiger partial charge in [-0.3, -0.25) is 9.59 Å². The minimum Gasteiger partial charge on any atom is -0.354 e. The smallest absolute Gasteiger partial charge is 0.243 e. The lowest BCUT2D eigenvalue weighted by molar-refractivity contribution is -0.139. The number of benzene rings is 3. The maximum Gasteiger partial charge on any atom is 0.243 e. The number of halogens is 1. The van der Waals surface area contributed by atoms with E-state index in [0.29, 0.717) is 25.3 Å². The van der Waals surface area contributed by atoms with Gasteiger partial charge in [0.2, 0.25) is 11.8 Å². The molecule has 0 aliphatic carbocycles. The molecule has 0 fully saturated rings. The average Bonchev–Trinajstić information content (AvgIpc) is 2.87. The number of hydrogen-bond acceptors (Lipinski definition) is 3. The highest BCUT2D eigenvalue weighted by Crippen LogP contribution is 2.20. The number of aryl methyl sites for hydroxylation is 1. The number of rotatable bonds is 12. The van der Waals surface area contributed by atoms with Crippen LogP contribution in [0.2, 0.25) is 0 Å². The molecule has 184 valence electrons. The molecule has 2 amide bonds. The summed E-state index contributed by atoms with van der Waals surface area (Å²) in [6.45, 7) is 5.07. The summed E-state index contributed by atoms with van der Waals surface area (Å²) in [6, 6.07) is 25.5. The largest absolute Gasteiger partial charge is 0.354 e. The summed E-state index contributed by atoms with van der Waals surface area (Å²) in [5, 5.41) is 3.03. The van der Waals surface area contributed by atoms with Crippen LogP contribution >= 0.6 is 27.7 Å². The second kappa shape index (κ2) is 14.1. The van der Waals surface area contributed by atoms with E-state index in [1.54, 1.807) is 16.7 Å². The molecule has 1 unspecified atom stereocenters. The summed E-state index contributed by atoms with van der Waals surface area (Å²) >= 11 is 5.04. The van der Waals surface area contributed by atoms with Gasteiger partial charge in [0, 0.05) is 29.7 Å². The zero-order valence-electron chi connectivity index (χ0n) is 20.4. The van der Waals surface area contributed by atoms with Crippen molar-refractivity contribution in [1.82, 2.24) is 10.2 Å². The molecule has 4 nitrogen and oxygen atoms in total. The molecule has 0 aliphatic rings. The van der Waals surface area contributed by atoms with Gasteiger partial charge < -0.3 is 10.2 Å². The number of hydrogen-bond donors (Lipinski definition) is 1. The average molecular weight is 554 g/mol. The number of amides is 2. The maximum atomic E-state index is 13.6. The van der Waals surface area contributed by atoms with E-state index in [1.165, 1.54) is 0 Å². The van der Waals surface area contributed by atoms with Gasteiger partial charge in [-0.15, -0.1) is 11.8 Å². The van der Waals surface area contributed by atoms with Gasteiger partial charge in [-0.25, -0.2) is 0 Å². The predicted molar refractivity (Wildman–Crippen MR) is 149 cm³/mol. The zero-order chi connectivity index (χ0) is 25.0. The second-order valence-corrected chi connectivity index (χ2v) is 10.5. The highest BCUT2D eigenvalue weighted by atomic mass is 79.9. The summed E-state index contributed by atoms with van der Waals surface area (Å²) < 4.78 is 1.04. The molecule has 1 atom stereocenters. The normalized spacial score (nSPS) is 11.6. The zero-order valence-corrected chi connectivity index (χ0v) is 22.8. The number of thioether (sulfide) groups is 1. The Morgan fingerprint density at radius 3 is 2.31 bits per heavy atom. The van der Waals surface area contributed by atoms with Crippen LogP contribution in [0.15, 0.2) is 83.3 Å². The first kappa shape index (κ1) is 27.0. The van der Waals surface area contributed by atoms with E-state index in [4.69, 9.17) is 0 Å². The molecular weight excluding hydrogens is 520 g/mol. The van der Waals surface area contributed by atoms with Crippen molar-refractivity contribution in [2.45, 2.75) is 45.0 Å². The summed E-state index contributed by atoms with van der Waals surface area (Å²) in [7, 11) is 0. The first-order chi connectivity index (χ1) is 17.0. The molecule has 0 saturated carbocycles. The molecule has 0 spiro atoms. The number of carbonyl (C=O) groups is 2. The van der Waals surface area contributed by atoms with Crippen LogP contribution in [0.1, 0.15) is 35.6 Å². The quantitative estimate of drug-likeness (QED) is 0.293. The van der Waals surface area contributed by atoms with Crippen LogP contribution in [0, 0.1) is 6.92 Å². The molecule has 1 N–H and O–H groups in total. The molecule has 0 aromatic heterocycles. The summed E-state index contributed by atoms with van der Waals surface area (Å²) in [4.78, 5) is 28.7. The minimum absolute atomic E-state index is 0.0251. The lowest BCUT2D eigenvalue weighted by Gasteiger charge is -2.32. The highest BCUT2D eigenvalue weighted by Gasteiger charge is 2.30. The summed E-state index contributed by atoms with van der Waals surface area (Å²) in [5.41, 5.74) is 4.37. The van der Waals surface area contributed by atoms with Crippen LogP contribution < -0.4 is 5.32 Å². The molecule has 0 heterocycles. The Balaban J connectivity index is 1.83. The molecule has 0 aliphatic heterocycles. The van der Waals surface area contributed by atoms with Crippen LogP contribution in [-0.4, -0.2) is 35.1 Å². The van der Waals surface area contributed by atoms with Crippen LogP contribution in [0.4, 0.5) is 0 Å². The fraction of sp³-hybridized carbons (Fsp3) is 0.310. The monoisotopic (exact) mass is 552 g/mol. The van der Waals surface area contributed by atoms with E-state index in [0.717, 1.165) is 38.9 Å². The van der Waals surface area contributed by atoms with Gasteiger partial charge in [0.05, 0.1) is 5.75 Å². The van der Waals surface area contributed by atoms with Crippen LogP contribution in [0.3, 0.4) is 0 Å². The third-order valence-corrected chi connectivity index (χ3v) is 7.35. The molecule has 3 rings (SSSR count).